The Morgan fingerprint density at radius 3 is 2.68 bits per heavy atom. The molecule has 0 bridgehead atoms. The van der Waals surface area contributed by atoms with Gasteiger partial charge in [-0.25, -0.2) is 9.79 Å². The Hall–Kier alpha value is -2.44. The first-order valence-corrected chi connectivity index (χ1v) is 10.0. The van der Waals surface area contributed by atoms with Crippen molar-refractivity contribution >= 4 is 52.2 Å². The van der Waals surface area contributed by atoms with Crippen LogP contribution in [0.2, 0.25) is 5.02 Å². The number of rotatable bonds is 2. The Morgan fingerprint density at radius 1 is 1.11 bits per heavy atom. The fourth-order valence-corrected chi connectivity index (χ4v) is 3.61. The summed E-state index contributed by atoms with van der Waals surface area (Å²) in [6.45, 7) is 2.69. The maximum atomic E-state index is 12.1. The van der Waals surface area contributed by atoms with E-state index in [1.54, 1.807) is 4.90 Å². The van der Waals surface area contributed by atoms with Gasteiger partial charge in [0.15, 0.2) is 0 Å². The molecule has 0 aliphatic carbocycles. The Balaban J connectivity index is 1.60. The summed E-state index contributed by atoms with van der Waals surface area (Å²) in [7, 11) is 0. The van der Waals surface area contributed by atoms with Crippen molar-refractivity contribution in [2.45, 2.75) is 0 Å². The number of amidine groups is 1. The molecule has 1 amide bonds. The van der Waals surface area contributed by atoms with Crippen LogP contribution >= 0.6 is 23.2 Å². The number of para-hydroxylation sites is 1. The van der Waals surface area contributed by atoms with Gasteiger partial charge in [-0.15, -0.1) is 11.6 Å². The molecule has 0 aromatic heterocycles. The van der Waals surface area contributed by atoms with E-state index in [-0.39, 0.29) is 12.7 Å². The van der Waals surface area contributed by atoms with Crippen LogP contribution in [0.5, 0.6) is 0 Å². The molecule has 2 aromatic rings. The first-order chi connectivity index (χ1) is 13.7. The maximum absolute atomic E-state index is 12.1. The lowest BCUT2D eigenvalue weighted by Crippen LogP contribution is -2.51. The zero-order valence-corrected chi connectivity index (χ0v) is 16.7. The number of ether oxygens (including phenoxy) is 1. The third-order valence-corrected chi connectivity index (χ3v) is 5.15. The molecule has 1 saturated heterocycles. The number of carbonyl (C=O) groups excluding carboxylic acids is 1. The minimum atomic E-state index is -0.317. The first kappa shape index (κ1) is 18.9. The fourth-order valence-electron chi connectivity index (χ4n) is 3.37. The van der Waals surface area contributed by atoms with Gasteiger partial charge in [-0.3, -0.25) is 0 Å². The van der Waals surface area contributed by atoms with Crippen molar-refractivity contribution in [3.8, 4) is 0 Å². The average Bonchev–Trinajstić information content (AvgIpc) is 2.88. The zero-order valence-electron chi connectivity index (χ0n) is 15.2. The van der Waals surface area contributed by atoms with Crippen molar-refractivity contribution in [1.29, 1.82) is 0 Å². The largest absolute Gasteiger partial charge is 0.448 e. The quantitative estimate of drug-likeness (QED) is 0.730. The van der Waals surface area contributed by atoms with Crippen molar-refractivity contribution in [3.63, 3.8) is 0 Å². The van der Waals surface area contributed by atoms with E-state index in [1.165, 1.54) is 0 Å². The van der Waals surface area contributed by atoms with Crippen molar-refractivity contribution in [1.82, 2.24) is 9.80 Å². The summed E-state index contributed by atoms with van der Waals surface area (Å²) < 4.78 is 5.13. The van der Waals surface area contributed by atoms with Gasteiger partial charge in [-0.2, -0.15) is 0 Å². The number of nitrogens with zero attached hydrogens (tertiary/aromatic N) is 3. The van der Waals surface area contributed by atoms with E-state index in [0.29, 0.717) is 37.1 Å². The predicted octanol–water partition coefficient (Wildman–Crippen LogP) is 4.47. The molecule has 0 spiro atoms. The molecule has 2 aliphatic heterocycles. The van der Waals surface area contributed by atoms with Crippen LogP contribution in [-0.4, -0.2) is 60.4 Å². The molecule has 1 fully saturated rings. The molecule has 8 heteroatoms. The highest BCUT2D eigenvalue weighted by atomic mass is 35.5. The highest BCUT2D eigenvalue weighted by Crippen LogP contribution is 2.36. The molecular weight excluding hydrogens is 399 g/mol. The van der Waals surface area contributed by atoms with Gasteiger partial charge < -0.3 is 19.9 Å². The standard InChI is InChI=1S/C20H20Cl2N4O2/c21-7-12-28-20(27)26-10-8-25(9-11-26)19-15-3-1-2-4-16(15)23-17-6-5-14(22)13-18(17)24-19/h1-6,13,23H,7-12H2. The van der Waals surface area contributed by atoms with Gasteiger partial charge >= 0.3 is 6.09 Å². The molecule has 4 rings (SSSR count). The lowest BCUT2D eigenvalue weighted by Gasteiger charge is -2.36. The lowest BCUT2D eigenvalue weighted by atomic mass is 10.1. The Kier molecular flexibility index (Phi) is 5.59. The minimum Gasteiger partial charge on any atom is -0.448 e. The molecule has 0 saturated carbocycles. The molecule has 2 heterocycles. The number of benzene rings is 2. The Morgan fingerprint density at radius 2 is 1.89 bits per heavy atom. The summed E-state index contributed by atoms with van der Waals surface area (Å²) in [4.78, 5) is 20.9. The number of hydrogen-bond donors (Lipinski definition) is 1. The van der Waals surface area contributed by atoms with E-state index >= 15 is 0 Å². The zero-order chi connectivity index (χ0) is 19.5. The normalized spacial score (nSPS) is 15.7. The van der Waals surface area contributed by atoms with Gasteiger partial charge in [-0.05, 0) is 30.3 Å². The van der Waals surface area contributed by atoms with Crippen LogP contribution in [-0.2, 0) is 4.74 Å². The number of amides is 1. The molecule has 28 heavy (non-hydrogen) atoms. The van der Waals surface area contributed by atoms with Gasteiger partial charge in [0.1, 0.15) is 12.4 Å². The number of piperazine rings is 1. The molecule has 2 aromatic carbocycles. The molecule has 2 aliphatic rings. The number of hydrogen-bond acceptors (Lipinski definition) is 5. The number of carbonyl (C=O) groups is 1. The Bertz CT molecular complexity index is 911. The number of aliphatic imine (C=N–C) groups is 1. The molecule has 1 N–H and O–H groups in total. The van der Waals surface area contributed by atoms with Gasteiger partial charge in [0.25, 0.3) is 0 Å². The summed E-state index contributed by atoms with van der Waals surface area (Å²) in [5.41, 5.74) is 3.72. The average molecular weight is 419 g/mol. The SMILES string of the molecule is O=C(OCCCl)N1CCN(C2=Nc3cc(Cl)ccc3Nc3ccccc32)CC1. The summed E-state index contributed by atoms with van der Waals surface area (Å²) in [5.74, 6) is 1.17. The van der Waals surface area contributed by atoms with Crippen LogP contribution in [0.4, 0.5) is 21.9 Å². The van der Waals surface area contributed by atoms with E-state index in [9.17, 15) is 4.79 Å². The van der Waals surface area contributed by atoms with Crippen molar-refractivity contribution in [3.05, 3.63) is 53.1 Å². The van der Waals surface area contributed by atoms with Crippen LogP contribution < -0.4 is 5.32 Å². The monoisotopic (exact) mass is 418 g/mol. The predicted molar refractivity (Wildman–Crippen MR) is 113 cm³/mol. The minimum absolute atomic E-state index is 0.226. The van der Waals surface area contributed by atoms with Gasteiger partial charge in [0, 0.05) is 42.5 Å². The Labute approximate surface area is 173 Å². The topological polar surface area (TPSA) is 57.2 Å². The molecular formula is C20H20Cl2N4O2. The molecule has 0 radical (unpaired) electrons. The van der Waals surface area contributed by atoms with Crippen LogP contribution in [0.15, 0.2) is 47.5 Å². The molecule has 146 valence electrons. The third-order valence-electron chi connectivity index (χ3n) is 4.76. The van der Waals surface area contributed by atoms with Crippen LogP contribution in [0.1, 0.15) is 5.56 Å². The van der Waals surface area contributed by atoms with E-state index in [0.717, 1.165) is 28.5 Å². The van der Waals surface area contributed by atoms with E-state index in [4.69, 9.17) is 32.9 Å². The number of nitrogens with one attached hydrogen (secondary N) is 1. The smallest absolute Gasteiger partial charge is 0.409 e. The second-order valence-electron chi connectivity index (χ2n) is 6.54. The van der Waals surface area contributed by atoms with E-state index in [1.807, 2.05) is 36.4 Å². The molecule has 0 unspecified atom stereocenters. The third kappa shape index (κ3) is 3.88. The lowest BCUT2D eigenvalue weighted by molar-refractivity contribution is 0.0926. The summed E-state index contributed by atoms with van der Waals surface area (Å²) >= 11 is 11.8. The highest BCUT2D eigenvalue weighted by molar-refractivity contribution is 6.31. The van der Waals surface area contributed by atoms with Crippen LogP contribution in [0.3, 0.4) is 0 Å². The van der Waals surface area contributed by atoms with Crippen molar-refractivity contribution < 1.29 is 9.53 Å². The highest BCUT2D eigenvalue weighted by Gasteiger charge is 2.27. The second kappa shape index (κ2) is 8.29. The summed E-state index contributed by atoms with van der Waals surface area (Å²) in [6, 6.07) is 13.7. The van der Waals surface area contributed by atoms with Crippen LogP contribution in [0, 0.1) is 0 Å². The second-order valence-corrected chi connectivity index (χ2v) is 7.36. The van der Waals surface area contributed by atoms with Crippen molar-refractivity contribution in [2.75, 3.05) is 44.0 Å². The number of alkyl halides is 1. The van der Waals surface area contributed by atoms with E-state index < -0.39 is 0 Å². The number of halogens is 2. The van der Waals surface area contributed by atoms with Gasteiger partial charge in [0.05, 0.1) is 17.3 Å². The van der Waals surface area contributed by atoms with Gasteiger partial charge in [-0.1, -0.05) is 23.7 Å². The van der Waals surface area contributed by atoms with E-state index in [2.05, 4.69) is 16.3 Å². The van der Waals surface area contributed by atoms with Gasteiger partial charge in [0.2, 0.25) is 0 Å². The molecule has 6 nitrogen and oxygen atoms in total. The fraction of sp³-hybridized carbons (Fsp3) is 0.300. The maximum Gasteiger partial charge on any atom is 0.409 e. The summed E-state index contributed by atoms with van der Waals surface area (Å²) in [5, 5.41) is 4.09. The number of anilines is 2. The van der Waals surface area contributed by atoms with Crippen LogP contribution in [0.25, 0.3) is 0 Å². The number of fused-ring (bicyclic) bond motifs is 2. The van der Waals surface area contributed by atoms with Crippen molar-refractivity contribution in [2.24, 2.45) is 4.99 Å². The molecule has 0 atom stereocenters. The summed E-state index contributed by atoms with van der Waals surface area (Å²) in [6.07, 6.45) is -0.317. The first-order valence-electron chi connectivity index (χ1n) is 9.13.